The number of rotatable bonds is 6. The highest BCUT2D eigenvalue weighted by Gasteiger charge is 2.17. The van der Waals surface area contributed by atoms with Crippen LogP contribution in [0.1, 0.15) is 22.2 Å². The van der Waals surface area contributed by atoms with Crippen LogP contribution in [0.3, 0.4) is 0 Å². The van der Waals surface area contributed by atoms with Gasteiger partial charge in [-0.2, -0.15) is 0 Å². The third-order valence-corrected chi connectivity index (χ3v) is 5.06. The van der Waals surface area contributed by atoms with Crippen molar-refractivity contribution in [3.63, 3.8) is 0 Å². The first-order valence-corrected chi connectivity index (χ1v) is 9.54. The van der Waals surface area contributed by atoms with Crippen molar-refractivity contribution in [2.75, 3.05) is 11.9 Å². The number of thiazole rings is 1. The summed E-state index contributed by atoms with van der Waals surface area (Å²) in [7, 11) is 0. The minimum Gasteiger partial charge on any atom is -0.494 e. The molecule has 1 amide bonds. The molecule has 0 fully saturated rings. The second-order valence-electron chi connectivity index (χ2n) is 5.76. The number of ether oxygens (including phenoxy) is 1. The number of carbonyl (C=O) groups is 1. The van der Waals surface area contributed by atoms with Gasteiger partial charge in [0.1, 0.15) is 5.75 Å². The maximum absolute atomic E-state index is 12.5. The summed E-state index contributed by atoms with van der Waals surface area (Å²) >= 11 is 7.35. The lowest BCUT2D eigenvalue weighted by Crippen LogP contribution is -2.12. The molecule has 0 unspecified atom stereocenters. The summed E-state index contributed by atoms with van der Waals surface area (Å²) in [5.41, 5.74) is 1.64. The van der Waals surface area contributed by atoms with Crippen molar-refractivity contribution in [2.24, 2.45) is 0 Å². The minimum absolute atomic E-state index is 0.00622. The van der Waals surface area contributed by atoms with Gasteiger partial charge in [-0.05, 0) is 44.2 Å². The van der Waals surface area contributed by atoms with E-state index in [2.05, 4.69) is 10.3 Å². The van der Waals surface area contributed by atoms with Crippen LogP contribution in [0, 0.1) is 17.0 Å². The fourth-order valence-corrected chi connectivity index (χ4v) is 3.65. The van der Waals surface area contributed by atoms with Crippen LogP contribution in [0.2, 0.25) is 5.02 Å². The summed E-state index contributed by atoms with van der Waals surface area (Å²) in [5, 5.41) is 13.9. The van der Waals surface area contributed by atoms with Crippen LogP contribution in [-0.4, -0.2) is 22.4 Å². The average Bonchev–Trinajstić information content (AvgIpc) is 3.02. The molecule has 2 aromatic carbocycles. The third-order valence-electron chi connectivity index (χ3n) is 3.86. The molecule has 0 atom stereocenters. The topological polar surface area (TPSA) is 94.4 Å². The number of hydrogen-bond donors (Lipinski definition) is 1. The van der Waals surface area contributed by atoms with E-state index in [9.17, 15) is 14.9 Å². The molecule has 7 nitrogen and oxygen atoms in total. The van der Waals surface area contributed by atoms with Gasteiger partial charge in [0.05, 0.1) is 27.8 Å². The highest BCUT2D eigenvalue weighted by Crippen LogP contribution is 2.32. The van der Waals surface area contributed by atoms with Gasteiger partial charge in [-0.25, -0.2) is 4.98 Å². The SMILES string of the molecule is CCOc1ccc(-c2nc(NC(=O)c3ccc([N+](=O)[O-])cc3Cl)sc2C)cc1. The van der Waals surface area contributed by atoms with Crippen molar-refractivity contribution in [2.45, 2.75) is 13.8 Å². The minimum atomic E-state index is -0.569. The van der Waals surface area contributed by atoms with Gasteiger partial charge in [0.25, 0.3) is 11.6 Å². The Bertz CT molecular complexity index is 1030. The smallest absolute Gasteiger partial charge is 0.270 e. The molecule has 3 rings (SSSR count). The normalized spacial score (nSPS) is 10.5. The lowest BCUT2D eigenvalue weighted by Gasteiger charge is -2.04. The van der Waals surface area contributed by atoms with Crippen LogP contribution in [0.5, 0.6) is 5.75 Å². The van der Waals surface area contributed by atoms with Crippen LogP contribution < -0.4 is 10.1 Å². The molecular formula is C19H16ClN3O4S. The molecule has 9 heteroatoms. The second kappa shape index (κ2) is 8.37. The number of carbonyl (C=O) groups excluding carboxylic acids is 1. The number of anilines is 1. The third kappa shape index (κ3) is 4.29. The molecule has 1 N–H and O–H groups in total. The number of nitrogens with one attached hydrogen (secondary N) is 1. The van der Waals surface area contributed by atoms with E-state index in [1.807, 2.05) is 38.1 Å². The number of nitro benzene ring substituents is 1. The van der Waals surface area contributed by atoms with Crippen LogP contribution in [0.25, 0.3) is 11.3 Å². The predicted octanol–water partition coefficient (Wildman–Crippen LogP) is 5.33. The van der Waals surface area contributed by atoms with Crippen molar-refractivity contribution in [1.82, 2.24) is 4.98 Å². The van der Waals surface area contributed by atoms with Crippen LogP contribution in [0.15, 0.2) is 42.5 Å². The fraction of sp³-hybridized carbons (Fsp3) is 0.158. The molecule has 3 aromatic rings. The number of benzene rings is 2. The molecular weight excluding hydrogens is 402 g/mol. The summed E-state index contributed by atoms with van der Waals surface area (Å²) in [6.07, 6.45) is 0. The number of aryl methyl sites for hydroxylation is 1. The van der Waals surface area contributed by atoms with Crippen LogP contribution in [-0.2, 0) is 0 Å². The number of aromatic nitrogens is 1. The molecule has 1 aromatic heterocycles. The van der Waals surface area contributed by atoms with Crippen LogP contribution in [0.4, 0.5) is 10.8 Å². The highest BCUT2D eigenvalue weighted by molar-refractivity contribution is 7.16. The molecule has 0 bridgehead atoms. The first kappa shape index (κ1) is 19.8. The summed E-state index contributed by atoms with van der Waals surface area (Å²) in [4.78, 5) is 28.1. The van der Waals surface area contributed by atoms with Crippen molar-refractivity contribution >= 4 is 39.7 Å². The Labute approximate surface area is 170 Å². The van der Waals surface area contributed by atoms with E-state index in [4.69, 9.17) is 16.3 Å². The van der Waals surface area contributed by atoms with E-state index < -0.39 is 10.8 Å². The van der Waals surface area contributed by atoms with Gasteiger partial charge in [-0.15, -0.1) is 11.3 Å². The van der Waals surface area contributed by atoms with E-state index >= 15 is 0 Å². The lowest BCUT2D eigenvalue weighted by atomic mass is 10.1. The maximum atomic E-state index is 12.5. The number of halogens is 1. The number of hydrogen-bond acceptors (Lipinski definition) is 6. The van der Waals surface area contributed by atoms with Gasteiger partial charge in [0.15, 0.2) is 5.13 Å². The van der Waals surface area contributed by atoms with Crippen molar-refractivity contribution < 1.29 is 14.5 Å². The second-order valence-corrected chi connectivity index (χ2v) is 7.37. The maximum Gasteiger partial charge on any atom is 0.270 e. The first-order valence-electron chi connectivity index (χ1n) is 8.35. The zero-order valence-electron chi connectivity index (χ0n) is 15.1. The van der Waals surface area contributed by atoms with Gasteiger partial charge in [0.2, 0.25) is 0 Å². The lowest BCUT2D eigenvalue weighted by molar-refractivity contribution is -0.384. The Kier molecular flexibility index (Phi) is 5.91. The summed E-state index contributed by atoms with van der Waals surface area (Å²) in [6.45, 7) is 4.43. The Morgan fingerprint density at radius 1 is 1.29 bits per heavy atom. The Balaban J connectivity index is 1.79. The van der Waals surface area contributed by atoms with Crippen molar-refractivity contribution in [3.05, 3.63) is 68.0 Å². The van der Waals surface area contributed by atoms with Crippen molar-refractivity contribution in [3.8, 4) is 17.0 Å². The molecule has 1 heterocycles. The highest BCUT2D eigenvalue weighted by atomic mass is 35.5. The molecule has 0 saturated carbocycles. The van der Waals surface area contributed by atoms with Crippen LogP contribution >= 0.6 is 22.9 Å². The number of nitro groups is 1. The first-order chi connectivity index (χ1) is 13.4. The molecule has 0 saturated heterocycles. The van der Waals surface area contributed by atoms with Gasteiger partial charge in [-0.1, -0.05) is 11.6 Å². The summed E-state index contributed by atoms with van der Waals surface area (Å²) in [5.74, 6) is 0.298. The number of nitrogens with zero attached hydrogens (tertiary/aromatic N) is 2. The summed E-state index contributed by atoms with van der Waals surface area (Å²) in [6, 6.07) is 11.3. The quantitative estimate of drug-likeness (QED) is 0.432. The monoisotopic (exact) mass is 417 g/mol. The molecule has 28 heavy (non-hydrogen) atoms. The number of non-ortho nitro benzene ring substituents is 1. The zero-order valence-corrected chi connectivity index (χ0v) is 16.6. The fourth-order valence-electron chi connectivity index (χ4n) is 2.56. The molecule has 0 radical (unpaired) electrons. The standard InChI is InChI=1S/C19H16ClN3O4S/c1-3-27-14-7-4-12(5-8-14)17-11(2)28-19(21-17)22-18(24)15-9-6-13(23(25)26)10-16(15)20/h4-10H,3H2,1-2H3,(H,21,22,24). The molecule has 0 aliphatic heterocycles. The largest absolute Gasteiger partial charge is 0.494 e. The van der Waals surface area contributed by atoms with Gasteiger partial charge in [0, 0.05) is 22.6 Å². The molecule has 0 aliphatic rings. The van der Waals surface area contributed by atoms with Gasteiger partial charge in [-0.3, -0.25) is 20.2 Å². The van der Waals surface area contributed by atoms with Gasteiger partial charge < -0.3 is 4.74 Å². The Morgan fingerprint density at radius 2 is 2.00 bits per heavy atom. The summed E-state index contributed by atoms with van der Waals surface area (Å²) < 4.78 is 5.44. The Hall–Kier alpha value is -2.97. The Morgan fingerprint density at radius 3 is 2.61 bits per heavy atom. The molecule has 0 aliphatic carbocycles. The van der Waals surface area contributed by atoms with E-state index in [1.54, 1.807) is 0 Å². The van der Waals surface area contributed by atoms with Gasteiger partial charge >= 0.3 is 0 Å². The molecule has 0 spiro atoms. The van der Waals surface area contributed by atoms with E-state index in [-0.39, 0.29) is 16.3 Å². The van der Waals surface area contributed by atoms with E-state index in [0.717, 1.165) is 28.0 Å². The van der Waals surface area contributed by atoms with E-state index in [0.29, 0.717) is 11.7 Å². The molecule has 144 valence electrons. The number of amides is 1. The van der Waals surface area contributed by atoms with E-state index in [1.165, 1.54) is 23.5 Å². The predicted molar refractivity (Wildman–Crippen MR) is 110 cm³/mol. The average molecular weight is 418 g/mol. The zero-order chi connectivity index (χ0) is 20.3. The van der Waals surface area contributed by atoms with Crippen molar-refractivity contribution in [1.29, 1.82) is 0 Å².